The molecule has 5 aromatic rings. The van der Waals surface area contributed by atoms with E-state index in [1.807, 2.05) is 75.4 Å². The van der Waals surface area contributed by atoms with Gasteiger partial charge >= 0.3 is 0 Å². The van der Waals surface area contributed by atoms with Crippen molar-refractivity contribution in [3.05, 3.63) is 111 Å². The van der Waals surface area contributed by atoms with E-state index in [4.69, 9.17) is 16.0 Å². The summed E-state index contributed by atoms with van der Waals surface area (Å²) in [4.78, 5) is 18.9. The van der Waals surface area contributed by atoms with Gasteiger partial charge < -0.3 is 9.40 Å². The van der Waals surface area contributed by atoms with Crippen LogP contribution in [0.15, 0.2) is 76.1 Å². The van der Waals surface area contributed by atoms with Crippen LogP contribution in [0.4, 0.5) is 0 Å². The van der Waals surface area contributed by atoms with Crippen molar-refractivity contribution < 1.29 is 4.42 Å². The van der Waals surface area contributed by atoms with Crippen LogP contribution in [0.2, 0.25) is 5.02 Å². The van der Waals surface area contributed by atoms with E-state index in [0.29, 0.717) is 29.5 Å². The lowest BCUT2D eigenvalue weighted by atomic mass is 10.00. The number of benzene rings is 2. The van der Waals surface area contributed by atoms with Gasteiger partial charge in [0.2, 0.25) is 0 Å². The van der Waals surface area contributed by atoms with Crippen molar-refractivity contribution in [3.63, 3.8) is 0 Å². The Morgan fingerprint density at radius 3 is 2.50 bits per heavy atom. The predicted octanol–water partition coefficient (Wildman–Crippen LogP) is 5.87. The molecule has 1 N–H and O–H groups in total. The summed E-state index contributed by atoms with van der Waals surface area (Å²) in [6.07, 6.45) is 2.55. The topological polar surface area (TPSA) is 92.8 Å². The summed E-state index contributed by atoms with van der Waals surface area (Å²) < 4.78 is 7.54. The molecule has 0 aliphatic heterocycles. The number of halogens is 1. The Morgan fingerprint density at radius 1 is 1.05 bits per heavy atom. The fraction of sp³-hybridized carbons (Fsp3) is 0.310. The quantitative estimate of drug-likeness (QED) is 0.270. The number of aryl methyl sites for hydroxylation is 1. The third-order valence-corrected chi connectivity index (χ3v) is 6.87. The van der Waals surface area contributed by atoms with Crippen molar-refractivity contribution in [3.8, 4) is 0 Å². The molecule has 0 aliphatic rings. The number of fused-ring (bicyclic) bond motifs is 1. The van der Waals surface area contributed by atoms with E-state index in [-0.39, 0.29) is 5.56 Å². The van der Waals surface area contributed by atoms with E-state index in [0.717, 1.165) is 28.6 Å². The van der Waals surface area contributed by atoms with Crippen LogP contribution < -0.4 is 5.56 Å². The van der Waals surface area contributed by atoms with Crippen LogP contribution in [0.5, 0.6) is 0 Å². The van der Waals surface area contributed by atoms with Gasteiger partial charge in [-0.2, -0.15) is 0 Å². The van der Waals surface area contributed by atoms with E-state index in [9.17, 15) is 4.79 Å². The minimum Gasteiger partial charge on any atom is -0.468 e. The molecule has 8 nitrogen and oxygen atoms in total. The molecular weight excluding hydrogens is 500 g/mol. The average Bonchev–Trinajstić information content (AvgIpc) is 3.58. The maximum atomic E-state index is 13.7. The normalized spacial score (nSPS) is 12.9. The monoisotopic (exact) mass is 530 g/mol. The lowest BCUT2D eigenvalue weighted by Gasteiger charge is -2.32. The molecule has 0 unspecified atom stereocenters. The molecule has 0 spiro atoms. The third kappa shape index (κ3) is 5.42. The zero-order valence-electron chi connectivity index (χ0n) is 22.0. The summed E-state index contributed by atoms with van der Waals surface area (Å²) >= 11 is 6.17. The van der Waals surface area contributed by atoms with E-state index in [2.05, 4.69) is 38.4 Å². The summed E-state index contributed by atoms with van der Waals surface area (Å²) in [5.74, 6) is 1.35. The molecule has 3 aromatic heterocycles. The van der Waals surface area contributed by atoms with Gasteiger partial charge in [-0.3, -0.25) is 9.69 Å². The molecule has 0 fully saturated rings. The summed E-state index contributed by atoms with van der Waals surface area (Å²) in [6.45, 7) is 9.18. The number of hydrogen-bond donors (Lipinski definition) is 1. The second kappa shape index (κ2) is 10.6. The fourth-order valence-electron chi connectivity index (χ4n) is 4.70. The van der Waals surface area contributed by atoms with E-state index in [1.165, 1.54) is 5.56 Å². The van der Waals surface area contributed by atoms with Crippen molar-refractivity contribution >= 4 is 22.5 Å². The lowest BCUT2D eigenvalue weighted by molar-refractivity contribution is 0.171. The molecule has 1 atom stereocenters. The second-order valence-electron chi connectivity index (χ2n) is 10.5. The number of aromatic amines is 1. The summed E-state index contributed by atoms with van der Waals surface area (Å²) in [7, 11) is 0. The summed E-state index contributed by atoms with van der Waals surface area (Å²) in [5, 5.41) is 14.5. The first-order chi connectivity index (χ1) is 18.2. The van der Waals surface area contributed by atoms with Crippen molar-refractivity contribution in [1.29, 1.82) is 0 Å². The van der Waals surface area contributed by atoms with Crippen LogP contribution in [0.1, 0.15) is 62.0 Å². The number of nitrogens with one attached hydrogen (secondary N) is 1. The van der Waals surface area contributed by atoms with Gasteiger partial charge in [0.1, 0.15) is 11.8 Å². The number of hydrogen-bond acceptors (Lipinski definition) is 6. The van der Waals surface area contributed by atoms with Gasteiger partial charge in [-0.05, 0) is 96.6 Å². The molecule has 0 saturated carbocycles. The molecule has 38 heavy (non-hydrogen) atoms. The highest BCUT2D eigenvalue weighted by Crippen LogP contribution is 2.32. The van der Waals surface area contributed by atoms with Crippen LogP contribution in [0.3, 0.4) is 0 Å². The van der Waals surface area contributed by atoms with Gasteiger partial charge in [0.15, 0.2) is 5.82 Å². The maximum absolute atomic E-state index is 13.7. The van der Waals surface area contributed by atoms with Crippen LogP contribution in [-0.2, 0) is 25.0 Å². The van der Waals surface area contributed by atoms with Gasteiger partial charge in [-0.1, -0.05) is 36.7 Å². The highest BCUT2D eigenvalue weighted by Gasteiger charge is 2.34. The smallest absolute Gasteiger partial charge is 0.253 e. The number of nitrogens with zero attached hydrogens (tertiary/aromatic N) is 5. The summed E-state index contributed by atoms with van der Waals surface area (Å²) in [6, 6.07) is 19.0. The molecule has 5 rings (SSSR count). The summed E-state index contributed by atoms with van der Waals surface area (Å²) in [5.41, 5.74) is 2.99. The first-order valence-corrected chi connectivity index (χ1v) is 13.1. The molecule has 3 heterocycles. The largest absolute Gasteiger partial charge is 0.468 e. The molecule has 2 aromatic carbocycles. The van der Waals surface area contributed by atoms with Crippen molar-refractivity contribution in [2.24, 2.45) is 0 Å². The molecule has 0 amide bonds. The highest BCUT2D eigenvalue weighted by atomic mass is 35.5. The van der Waals surface area contributed by atoms with Gasteiger partial charge in [-0.25, -0.2) is 4.68 Å². The number of pyridine rings is 1. The van der Waals surface area contributed by atoms with Crippen molar-refractivity contribution in [2.75, 3.05) is 0 Å². The Bertz CT molecular complexity index is 1580. The van der Waals surface area contributed by atoms with E-state index >= 15 is 0 Å². The Balaban J connectivity index is 1.72. The van der Waals surface area contributed by atoms with Crippen LogP contribution in [0, 0.1) is 0 Å². The number of tetrazole rings is 1. The minimum absolute atomic E-state index is 0.184. The molecule has 196 valence electrons. The van der Waals surface area contributed by atoms with Crippen molar-refractivity contribution in [1.82, 2.24) is 30.1 Å². The van der Waals surface area contributed by atoms with Gasteiger partial charge in [0, 0.05) is 22.6 Å². The molecule has 0 radical (unpaired) electrons. The van der Waals surface area contributed by atoms with E-state index < -0.39 is 11.6 Å². The Morgan fingerprint density at radius 2 is 1.82 bits per heavy atom. The standard InChI is InChI=1S/C29H31ClN6O2/c1-5-19-10-13-25-21(15-19)16-24(28(37)31-25)26(27-32-33-34-36(27)29(2,3)4)35(18-23-7-6-14-38-23)17-20-8-11-22(30)12-9-20/h6-16,26H,5,17-18H2,1-4H3,(H,31,37)/t26-/m1/s1. The van der Waals surface area contributed by atoms with E-state index in [1.54, 1.807) is 10.9 Å². The number of furan rings is 1. The second-order valence-corrected chi connectivity index (χ2v) is 10.9. The van der Waals surface area contributed by atoms with Gasteiger partial charge in [0.05, 0.1) is 18.3 Å². The Hall–Kier alpha value is -3.75. The minimum atomic E-state index is -0.566. The Kier molecular flexibility index (Phi) is 7.19. The molecule has 0 bridgehead atoms. The van der Waals surface area contributed by atoms with Crippen LogP contribution in [0.25, 0.3) is 10.9 Å². The zero-order valence-corrected chi connectivity index (χ0v) is 22.7. The van der Waals surface area contributed by atoms with Crippen LogP contribution >= 0.6 is 11.6 Å². The maximum Gasteiger partial charge on any atom is 0.253 e. The molecule has 0 aliphatic carbocycles. The van der Waals surface area contributed by atoms with Gasteiger partial charge in [-0.15, -0.1) is 5.10 Å². The van der Waals surface area contributed by atoms with Crippen molar-refractivity contribution in [2.45, 2.75) is 58.8 Å². The van der Waals surface area contributed by atoms with Gasteiger partial charge in [0.25, 0.3) is 5.56 Å². The number of H-pyrrole nitrogens is 1. The van der Waals surface area contributed by atoms with Crippen LogP contribution in [-0.4, -0.2) is 30.1 Å². The number of rotatable bonds is 8. The molecular formula is C29H31ClN6O2. The average molecular weight is 531 g/mol. The molecule has 0 saturated heterocycles. The SMILES string of the molecule is CCc1ccc2[nH]c(=O)c([C@H](c3nnnn3C(C)(C)C)N(Cc3ccc(Cl)cc3)Cc3ccco3)cc2c1. The first kappa shape index (κ1) is 25.9. The Labute approximate surface area is 226 Å². The fourth-order valence-corrected chi connectivity index (χ4v) is 4.83. The highest BCUT2D eigenvalue weighted by molar-refractivity contribution is 6.30. The zero-order chi connectivity index (χ0) is 26.9. The first-order valence-electron chi connectivity index (χ1n) is 12.7. The third-order valence-electron chi connectivity index (χ3n) is 6.62. The molecule has 9 heteroatoms. The lowest BCUT2D eigenvalue weighted by Crippen LogP contribution is -2.37. The number of aromatic nitrogens is 5. The predicted molar refractivity (Wildman–Crippen MR) is 148 cm³/mol.